The van der Waals surface area contributed by atoms with Gasteiger partial charge in [-0.15, -0.1) is 0 Å². The van der Waals surface area contributed by atoms with Gasteiger partial charge in [0.15, 0.2) is 0 Å². The van der Waals surface area contributed by atoms with Gasteiger partial charge in [-0.2, -0.15) is 4.98 Å². The van der Waals surface area contributed by atoms with E-state index >= 15 is 0 Å². The minimum atomic E-state index is -0.700. The number of nitrogens with zero attached hydrogens (tertiary/aromatic N) is 2. The van der Waals surface area contributed by atoms with Gasteiger partial charge in [0.2, 0.25) is 5.82 Å². The highest BCUT2D eigenvalue weighted by molar-refractivity contribution is 5.61. The Morgan fingerprint density at radius 3 is 2.50 bits per heavy atom. The molecule has 4 nitrogen and oxygen atoms in total. The van der Waals surface area contributed by atoms with E-state index in [-0.39, 0.29) is 28.6 Å². The minimum absolute atomic E-state index is 0.0329. The van der Waals surface area contributed by atoms with Crippen molar-refractivity contribution in [1.29, 1.82) is 0 Å². The van der Waals surface area contributed by atoms with Crippen LogP contribution in [-0.2, 0) is 0 Å². The monoisotopic (exact) mass is 274 g/mol. The standard InChI is InChI=1S/C14H8F2N2O2/c15-11-4-2-1-3-9(11)13-17-14(20-18-13)10-6-5-8(19)7-12(10)16/h1-7,19H. The van der Waals surface area contributed by atoms with E-state index in [4.69, 9.17) is 9.63 Å². The van der Waals surface area contributed by atoms with Crippen LogP contribution >= 0.6 is 0 Å². The van der Waals surface area contributed by atoms with Gasteiger partial charge >= 0.3 is 0 Å². The van der Waals surface area contributed by atoms with Crippen LogP contribution in [0.25, 0.3) is 22.8 Å². The third kappa shape index (κ3) is 2.11. The molecule has 0 aliphatic heterocycles. The second kappa shape index (κ2) is 4.73. The third-order valence-electron chi connectivity index (χ3n) is 2.72. The fourth-order valence-corrected chi connectivity index (χ4v) is 1.76. The first-order chi connectivity index (χ1) is 9.65. The summed E-state index contributed by atoms with van der Waals surface area (Å²) < 4.78 is 32.2. The molecule has 0 aliphatic rings. The number of hydrogen-bond donors (Lipinski definition) is 1. The Morgan fingerprint density at radius 1 is 0.950 bits per heavy atom. The van der Waals surface area contributed by atoms with E-state index in [1.165, 1.54) is 24.3 Å². The molecule has 0 unspecified atom stereocenters. The number of aromatic hydroxyl groups is 1. The van der Waals surface area contributed by atoms with Gasteiger partial charge in [0, 0.05) is 6.07 Å². The predicted octanol–water partition coefficient (Wildman–Crippen LogP) is 3.39. The van der Waals surface area contributed by atoms with Crippen molar-refractivity contribution in [3.63, 3.8) is 0 Å². The Bertz CT molecular complexity index is 771. The number of halogens is 2. The van der Waals surface area contributed by atoms with E-state index in [1.807, 2.05) is 0 Å². The first-order valence-corrected chi connectivity index (χ1v) is 5.72. The van der Waals surface area contributed by atoms with E-state index in [0.29, 0.717) is 0 Å². The van der Waals surface area contributed by atoms with E-state index < -0.39 is 11.6 Å². The summed E-state index contributed by atoms with van der Waals surface area (Å²) in [5, 5.41) is 12.8. The molecule has 0 spiro atoms. The van der Waals surface area contributed by atoms with Gasteiger partial charge in [0.05, 0.1) is 11.1 Å². The minimum Gasteiger partial charge on any atom is -0.508 e. The molecule has 0 fully saturated rings. The maximum absolute atomic E-state index is 13.7. The highest BCUT2D eigenvalue weighted by atomic mass is 19.1. The van der Waals surface area contributed by atoms with Crippen molar-refractivity contribution in [3.8, 4) is 28.6 Å². The summed E-state index contributed by atoms with van der Waals surface area (Å²) in [5.41, 5.74) is 0.208. The molecule has 20 heavy (non-hydrogen) atoms. The molecule has 0 saturated carbocycles. The van der Waals surface area contributed by atoms with E-state index in [9.17, 15) is 8.78 Å². The van der Waals surface area contributed by atoms with Gasteiger partial charge in [0.25, 0.3) is 5.89 Å². The van der Waals surface area contributed by atoms with Crippen LogP contribution in [0.3, 0.4) is 0 Å². The molecule has 100 valence electrons. The van der Waals surface area contributed by atoms with Crippen LogP contribution in [-0.4, -0.2) is 15.2 Å². The summed E-state index contributed by atoms with van der Waals surface area (Å²) in [6, 6.07) is 9.48. The van der Waals surface area contributed by atoms with Gasteiger partial charge in [-0.05, 0) is 24.3 Å². The van der Waals surface area contributed by atoms with Crippen LogP contribution < -0.4 is 0 Å². The zero-order valence-corrected chi connectivity index (χ0v) is 10.0. The number of phenols is 1. The summed E-state index contributed by atoms with van der Waals surface area (Å²) >= 11 is 0. The van der Waals surface area contributed by atoms with Crippen molar-refractivity contribution in [2.75, 3.05) is 0 Å². The van der Waals surface area contributed by atoms with Crippen LogP contribution in [0, 0.1) is 11.6 Å². The lowest BCUT2D eigenvalue weighted by Crippen LogP contribution is -1.87. The normalized spacial score (nSPS) is 10.7. The topological polar surface area (TPSA) is 59.2 Å². The summed E-state index contributed by atoms with van der Waals surface area (Å²) in [7, 11) is 0. The van der Waals surface area contributed by atoms with Crippen molar-refractivity contribution >= 4 is 0 Å². The smallest absolute Gasteiger partial charge is 0.261 e. The van der Waals surface area contributed by atoms with Gasteiger partial charge in [-0.1, -0.05) is 17.3 Å². The quantitative estimate of drug-likeness (QED) is 0.778. The lowest BCUT2D eigenvalue weighted by molar-refractivity contribution is 0.428. The van der Waals surface area contributed by atoms with Crippen LogP contribution in [0.15, 0.2) is 47.0 Å². The van der Waals surface area contributed by atoms with Crippen LogP contribution in [0.2, 0.25) is 0 Å². The molecule has 6 heteroatoms. The highest BCUT2D eigenvalue weighted by Gasteiger charge is 2.16. The second-order valence-corrected chi connectivity index (χ2v) is 4.07. The lowest BCUT2D eigenvalue weighted by Gasteiger charge is -1.97. The molecule has 0 atom stereocenters. The van der Waals surface area contributed by atoms with Crippen molar-refractivity contribution in [2.45, 2.75) is 0 Å². The van der Waals surface area contributed by atoms with Gasteiger partial charge < -0.3 is 9.63 Å². The van der Waals surface area contributed by atoms with Crippen LogP contribution in [0.1, 0.15) is 0 Å². The molecule has 0 radical (unpaired) electrons. The van der Waals surface area contributed by atoms with Gasteiger partial charge in [-0.25, -0.2) is 8.78 Å². The number of benzene rings is 2. The number of rotatable bonds is 2. The summed E-state index contributed by atoms with van der Waals surface area (Å²) in [6.45, 7) is 0. The summed E-state index contributed by atoms with van der Waals surface area (Å²) in [5.74, 6) is -1.45. The number of hydrogen-bond acceptors (Lipinski definition) is 4. The largest absolute Gasteiger partial charge is 0.508 e. The first kappa shape index (κ1) is 12.3. The Kier molecular flexibility index (Phi) is 2.90. The van der Waals surface area contributed by atoms with Crippen molar-refractivity contribution in [2.24, 2.45) is 0 Å². The molecule has 1 heterocycles. The second-order valence-electron chi connectivity index (χ2n) is 4.07. The lowest BCUT2D eigenvalue weighted by atomic mass is 10.2. The molecule has 0 amide bonds. The maximum Gasteiger partial charge on any atom is 0.261 e. The molecule has 0 bridgehead atoms. The van der Waals surface area contributed by atoms with Crippen molar-refractivity contribution in [1.82, 2.24) is 10.1 Å². The van der Waals surface area contributed by atoms with Gasteiger partial charge in [-0.3, -0.25) is 0 Å². The average molecular weight is 274 g/mol. The van der Waals surface area contributed by atoms with Crippen LogP contribution in [0.5, 0.6) is 5.75 Å². The van der Waals surface area contributed by atoms with E-state index in [1.54, 1.807) is 12.1 Å². The Hall–Kier alpha value is -2.76. The highest BCUT2D eigenvalue weighted by Crippen LogP contribution is 2.27. The number of phenolic OH excluding ortho intramolecular Hbond substituents is 1. The molecular formula is C14H8F2N2O2. The molecule has 0 aliphatic carbocycles. The average Bonchev–Trinajstić information content (AvgIpc) is 2.88. The maximum atomic E-state index is 13.7. The zero-order chi connectivity index (χ0) is 14.1. The molecule has 1 N–H and O–H groups in total. The first-order valence-electron chi connectivity index (χ1n) is 5.72. The van der Waals surface area contributed by atoms with E-state index in [2.05, 4.69) is 10.1 Å². The molecule has 3 aromatic rings. The Labute approximate surface area is 112 Å². The van der Waals surface area contributed by atoms with Crippen molar-refractivity contribution in [3.05, 3.63) is 54.1 Å². The molecule has 0 saturated heterocycles. The third-order valence-corrected chi connectivity index (χ3v) is 2.72. The van der Waals surface area contributed by atoms with Crippen molar-refractivity contribution < 1.29 is 18.4 Å². The Morgan fingerprint density at radius 2 is 1.75 bits per heavy atom. The van der Waals surface area contributed by atoms with E-state index in [0.717, 1.165) is 6.07 Å². The fraction of sp³-hybridized carbons (Fsp3) is 0. The fourth-order valence-electron chi connectivity index (χ4n) is 1.76. The molecule has 2 aromatic carbocycles. The SMILES string of the molecule is Oc1ccc(-c2nc(-c3ccccc3F)no2)c(F)c1. The number of aromatic nitrogens is 2. The predicted molar refractivity (Wildman–Crippen MR) is 66.8 cm³/mol. The zero-order valence-electron chi connectivity index (χ0n) is 10.0. The molecule has 3 rings (SSSR count). The molecule has 1 aromatic heterocycles. The summed E-state index contributed by atoms with van der Waals surface area (Å²) in [4.78, 5) is 3.96. The molecular weight excluding hydrogens is 266 g/mol. The summed E-state index contributed by atoms with van der Waals surface area (Å²) in [6.07, 6.45) is 0. The van der Waals surface area contributed by atoms with Gasteiger partial charge in [0.1, 0.15) is 17.4 Å². The Balaban J connectivity index is 2.04. The van der Waals surface area contributed by atoms with Crippen LogP contribution in [0.4, 0.5) is 8.78 Å².